The van der Waals surface area contributed by atoms with Crippen molar-refractivity contribution in [3.05, 3.63) is 182 Å². The van der Waals surface area contributed by atoms with E-state index in [1.807, 2.05) is 12.1 Å². The highest BCUT2D eigenvalue weighted by atomic mass is 16.3. The molecule has 0 saturated carbocycles. The zero-order chi connectivity index (χ0) is 32.3. The molecule has 10 aromatic rings. The first kappa shape index (κ1) is 27.5. The molecular weight excluding hydrogens is 597 g/mol. The second kappa shape index (κ2) is 11.0. The van der Waals surface area contributed by atoms with Crippen molar-refractivity contribution in [3.63, 3.8) is 0 Å². The van der Waals surface area contributed by atoms with Gasteiger partial charge in [0.2, 0.25) is 0 Å². The van der Waals surface area contributed by atoms with E-state index >= 15 is 0 Å². The molecule has 0 aliphatic heterocycles. The first-order valence-electron chi connectivity index (χ1n) is 16.7. The van der Waals surface area contributed by atoms with Crippen molar-refractivity contribution in [2.75, 3.05) is 4.90 Å². The van der Waals surface area contributed by atoms with Gasteiger partial charge in [-0.15, -0.1) is 0 Å². The largest absolute Gasteiger partial charge is 0.456 e. The zero-order valence-electron chi connectivity index (χ0n) is 26.6. The van der Waals surface area contributed by atoms with Crippen LogP contribution in [0.25, 0.3) is 71.3 Å². The molecule has 3 nitrogen and oxygen atoms in total. The number of hydrogen-bond acceptors (Lipinski definition) is 2. The van der Waals surface area contributed by atoms with Crippen molar-refractivity contribution in [1.29, 1.82) is 0 Å². The third kappa shape index (κ3) is 4.44. The fraction of sp³-hybridized carbons (Fsp3) is 0. The molecule has 0 atom stereocenters. The van der Waals surface area contributed by atoms with Crippen molar-refractivity contribution in [3.8, 4) is 16.8 Å². The van der Waals surface area contributed by atoms with Gasteiger partial charge in [0.1, 0.15) is 11.2 Å². The lowest BCUT2D eigenvalue weighted by atomic mass is 9.98. The summed E-state index contributed by atoms with van der Waals surface area (Å²) in [6.07, 6.45) is 0. The Bertz CT molecular complexity index is 2810. The van der Waals surface area contributed by atoms with Crippen LogP contribution in [-0.4, -0.2) is 4.57 Å². The fourth-order valence-corrected chi connectivity index (χ4v) is 7.52. The molecule has 0 spiro atoms. The molecule has 49 heavy (non-hydrogen) atoms. The second-order valence-corrected chi connectivity index (χ2v) is 12.6. The summed E-state index contributed by atoms with van der Waals surface area (Å²) < 4.78 is 8.51. The lowest BCUT2D eigenvalue weighted by Crippen LogP contribution is -2.09. The van der Waals surface area contributed by atoms with E-state index in [0.717, 1.165) is 39.3 Å². The zero-order valence-corrected chi connectivity index (χ0v) is 26.6. The van der Waals surface area contributed by atoms with Gasteiger partial charge in [-0.3, -0.25) is 0 Å². The Morgan fingerprint density at radius 3 is 1.88 bits per heavy atom. The molecule has 2 heterocycles. The summed E-state index contributed by atoms with van der Waals surface area (Å²) >= 11 is 0. The van der Waals surface area contributed by atoms with Crippen molar-refractivity contribution in [2.24, 2.45) is 0 Å². The third-order valence-corrected chi connectivity index (χ3v) is 9.76. The number of nitrogens with zero attached hydrogens (tertiary/aromatic N) is 2. The summed E-state index contributed by atoms with van der Waals surface area (Å²) in [6.45, 7) is 0. The number of hydrogen-bond donors (Lipinski definition) is 0. The highest BCUT2D eigenvalue weighted by molar-refractivity contribution is 6.19. The molecule has 0 unspecified atom stereocenters. The average molecular weight is 627 g/mol. The lowest BCUT2D eigenvalue weighted by molar-refractivity contribution is 0.669. The summed E-state index contributed by atoms with van der Waals surface area (Å²) in [5, 5.41) is 7.21. The van der Waals surface area contributed by atoms with Crippen molar-refractivity contribution >= 4 is 71.6 Å². The smallest absolute Gasteiger partial charge is 0.136 e. The maximum Gasteiger partial charge on any atom is 0.136 e. The van der Waals surface area contributed by atoms with Gasteiger partial charge in [-0.2, -0.15) is 0 Å². The minimum atomic E-state index is 0.925. The molecule has 0 bridgehead atoms. The Balaban J connectivity index is 1.08. The lowest BCUT2D eigenvalue weighted by Gasteiger charge is -2.26. The second-order valence-electron chi connectivity index (χ2n) is 12.6. The molecular formula is C46H30N2O. The molecule has 2 aromatic heterocycles. The van der Waals surface area contributed by atoms with Gasteiger partial charge in [-0.25, -0.2) is 0 Å². The molecule has 0 fully saturated rings. The van der Waals surface area contributed by atoms with Crippen LogP contribution in [0, 0.1) is 0 Å². The normalized spacial score (nSPS) is 11.7. The highest BCUT2D eigenvalue weighted by Crippen LogP contribution is 2.41. The Hall–Kier alpha value is -6.58. The summed E-state index contributed by atoms with van der Waals surface area (Å²) in [7, 11) is 0. The predicted molar refractivity (Wildman–Crippen MR) is 206 cm³/mol. The fourth-order valence-electron chi connectivity index (χ4n) is 7.52. The van der Waals surface area contributed by atoms with Gasteiger partial charge < -0.3 is 13.9 Å². The quantitative estimate of drug-likeness (QED) is 0.190. The van der Waals surface area contributed by atoms with Gasteiger partial charge in [0, 0.05) is 44.3 Å². The Morgan fingerprint density at radius 1 is 0.388 bits per heavy atom. The minimum Gasteiger partial charge on any atom is -0.456 e. The topological polar surface area (TPSA) is 21.3 Å². The van der Waals surface area contributed by atoms with E-state index in [2.05, 4.69) is 179 Å². The molecule has 230 valence electrons. The molecule has 0 aliphatic carbocycles. The molecule has 0 N–H and O–H groups in total. The van der Waals surface area contributed by atoms with Crippen molar-refractivity contribution in [2.45, 2.75) is 0 Å². The van der Waals surface area contributed by atoms with Crippen molar-refractivity contribution in [1.82, 2.24) is 4.57 Å². The summed E-state index contributed by atoms with van der Waals surface area (Å²) in [4.78, 5) is 2.35. The van der Waals surface area contributed by atoms with Crippen LogP contribution >= 0.6 is 0 Å². The van der Waals surface area contributed by atoms with Crippen LogP contribution in [0.2, 0.25) is 0 Å². The number of furan rings is 1. The number of anilines is 3. The van der Waals surface area contributed by atoms with Crippen LogP contribution in [0.3, 0.4) is 0 Å². The van der Waals surface area contributed by atoms with E-state index in [0.29, 0.717) is 0 Å². The van der Waals surface area contributed by atoms with E-state index in [1.165, 1.54) is 49.1 Å². The summed E-state index contributed by atoms with van der Waals surface area (Å²) in [6, 6.07) is 65.0. The average Bonchev–Trinajstić information content (AvgIpc) is 3.72. The summed E-state index contributed by atoms with van der Waals surface area (Å²) in [5.74, 6) is 0. The van der Waals surface area contributed by atoms with E-state index in [4.69, 9.17) is 4.42 Å². The van der Waals surface area contributed by atoms with Gasteiger partial charge in [-0.05, 0) is 101 Å². The first-order valence-corrected chi connectivity index (χ1v) is 16.7. The predicted octanol–water partition coefficient (Wildman–Crippen LogP) is 13.0. The maximum absolute atomic E-state index is 6.14. The standard InChI is InChI=1S/C46H30N2O/c1-3-11-34(12-4-1)47(37-25-27-43-41(30-37)39-15-7-9-17-42(39)48(43)35-13-5-2-6-14-35)36-23-19-31(20-24-36)32-21-26-38-33(29-32)22-28-45-46(38)40-16-8-10-18-44(40)49-45/h1-30H. The Labute approximate surface area is 283 Å². The molecule has 0 aliphatic rings. The molecule has 0 saturated heterocycles. The van der Waals surface area contributed by atoms with Crippen LogP contribution in [0.15, 0.2) is 186 Å². The first-order chi connectivity index (χ1) is 24.3. The molecule has 8 aromatic carbocycles. The van der Waals surface area contributed by atoms with E-state index < -0.39 is 0 Å². The molecule has 10 rings (SSSR count). The highest BCUT2D eigenvalue weighted by Gasteiger charge is 2.18. The maximum atomic E-state index is 6.14. The van der Waals surface area contributed by atoms with Gasteiger partial charge in [0.15, 0.2) is 0 Å². The van der Waals surface area contributed by atoms with Gasteiger partial charge in [0.25, 0.3) is 0 Å². The monoisotopic (exact) mass is 626 g/mol. The third-order valence-electron chi connectivity index (χ3n) is 9.76. The van der Waals surface area contributed by atoms with Crippen LogP contribution in [0.1, 0.15) is 0 Å². The van der Waals surface area contributed by atoms with Gasteiger partial charge in [-0.1, -0.05) is 103 Å². The SMILES string of the molecule is c1ccc(N(c2ccc(-c3ccc4c(ccc5oc6ccccc6c54)c3)cc2)c2ccc3c(c2)c2ccccc2n3-c2ccccc2)cc1. The van der Waals surface area contributed by atoms with Gasteiger partial charge in [0.05, 0.1) is 11.0 Å². The van der Waals surface area contributed by atoms with E-state index in [9.17, 15) is 0 Å². The number of rotatable bonds is 5. The van der Waals surface area contributed by atoms with E-state index in [-0.39, 0.29) is 0 Å². The van der Waals surface area contributed by atoms with E-state index in [1.54, 1.807) is 0 Å². The van der Waals surface area contributed by atoms with Gasteiger partial charge >= 0.3 is 0 Å². The molecule has 0 radical (unpaired) electrons. The summed E-state index contributed by atoms with van der Waals surface area (Å²) in [5.41, 5.74) is 11.1. The van der Waals surface area contributed by atoms with Crippen LogP contribution in [0.4, 0.5) is 17.1 Å². The van der Waals surface area contributed by atoms with Crippen LogP contribution < -0.4 is 4.90 Å². The number of para-hydroxylation sites is 4. The van der Waals surface area contributed by atoms with Crippen LogP contribution in [-0.2, 0) is 0 Å². The van der Waals surface area contributed by atoms with Crippen molar-refractivity contribution < 1.29 is 4.42 Å². The Kier molecular flexibility index (Phi) is 6.18. The Morgan fingerprint density at radius 2 is 1.04 bits per heavy atom. The number of benzene rings is 8. The molecule has 3 heteroatoms. The number of fused-ring (bicyclic) bond motifs is 8. The van der Waals surface area contributed by atoms with Crippen LogP contribution in [0.5, 0.6) is 0 Å². The minimum absolute atomic E-state index is 0.925. The number of aromatic nitrogens is 1. The molecule has 0 amide bonds.